The SMILES string of the molecule is CCn1c(-c2cnc(C)nc2)nc2c(-c3ccc4c(c3)[C@@](C)(CC(C)C)OC(=O)N4)ncnc21. The van der Waals surface area contributed by atoms with Gasteiger partial charge in [-0.05, 0) is 45.2 Å². The molecule has 1 aliphatic heterocycles. The summed E-state index contributed by atoms with van der Waals surface area (Å²) >= 11 is 0. The van der Waals surface area contributed by atoms with Crippen LogP contribution in [0.1, 0.15) is 45.5 Å². The number of fused-ring (bicyclic) bond motifs is 2. The Kier molecular flexibility index (Phi) is 5.27. The molecule has 0 saturated heterocycles. The molecule has 9 nitrogen and oxygen atoms in total. The molecule has 0 radical (unpaired) electrons. The van der Waals surface area contributed by atoms with Crippen LogP contribution in [0.3, 0.4) is 0 Å². The first-order valence-corrected chi connectivity index (χ1v) is 11.4. The smallest absolute Gasteiger partial charge is 0.412 e. The van der Waals surface area contributed by atoms with Crippen molar-refractivity contribution in [1.82, 2.24) is 29.5 Å². The van der Waals surface area contributed by atoms with Crippen molar-refractivity contribution in [2.24, 2.45) is 5.92 Å². The highest BCUT2D eigenvalue weighted by atomic mass is 16.6. The second kappa shape index (κ2) is 8.16. The van der Waals surface area contributed by atoms with E-state index in [0.717, 1.165) is 39.5 Å². The molecule has 1 atom stereocenters. The number of aryl methyl sites for hydroxylation is 2. The van der Waals surface area contributed by atoms with Crippen LogP contribution < -0.4 is 5.32 Å². The standard InChI is InChI=1S/C25H27N7O2/c1-6-32-22(17-11-26-15(4)27-12-17)31-21-20(28-13-29-23(21)32)16-7-8-19-18(9-16)25(5,10-14(2)3)34-24(33)30-19/h7-9,11-14H,6,10H2,1-5H3,(H,30,33)/t25-/m1/s1. The number of carbonyl (C=O) groups excluding carboxylic acids is 1. The number of nitrogens with zero attached hydrogens (tertiary/aromatic N) is 6. The van der Waals surface area contributed by atoms with Crippen LogP contribution >= 0.6 is 0 Å². The number of carbonyl (C=O) groups is 1. The van der Waals surface area contributed by atoms with E-state index in [2.05, 4.69) is 46.0 Å². The molecule has 0 bridgehead atoms. The number of hydrogen-bond acceptors (Lipinski definition) is 7. The number of ether oxygens (including phenoxy) is 1. The van der Waals surface area contributed by atoms with Gasteiger partial charge in [-0.15, -0.1) is 0 Å². The van der Waals surface area contributed by atoms with Crippen LogP contribution in [-0.4, -0.2) is 35.6 Å². The van der Waals surface area contributed by atoms with E-state index in [1.54, 1.807) is 18.7 Å². The van der Waals surface area contributed by atoms with Gasteiger partial charge in [0.15, 0.2) is 5.65 Å². The predicted octanol–water partition coefficient (Wildman–Crippen LogP) is 5.10. The second-order valence-electron chi connectivity index (χ2n) is 9.20. The molecule has 1 amide bonds. The lowest BCUT2D eigenvalue weighted by Crippen LogP contribution is -2.38. The van der Waals surface area contributed by atoms with Crippen molar-refractivity contribution in [1.29, 1.82) is 0 Å². The molecule has 9 heteroatoms. The number of imidazole rings is 1. The molecule has 4 heterocycles. The zero-order valence-electron chi connectivity index (χ0n) is 20.0. The van der Waals surface area contributed by atoms with Gasteiger partial charge in [-0.1, -0.05) is 19.9 Å². The molecule has 1 aliphatic rings. The quantitative estimate of drug-likeness (QED) is 0.444. The van der Waals surface area contributed by atoms with Gasteiger partial charge >= 0.3 is 6.09 Å². The van der Waals surface area contributed by atoms with Gasteiger partial charge < -0.3 is 9.30 Å². The number of hydrogen-bond donors (Lipinski definition) is 1. The Labute approximate surface area is 197 Å². The summed E-state index contributed by atoms with van der Waals surface area (Å²) < 4.78 is 7.82. The number of amides is 1. The molecule has 0 fully saturated rings. The Bertz CT molecular complexity index is 1390. The summed E-state index contributed by atoms with van der Waals surface area (Å²) in [7, 11) is 0. The molecular formula is C25H27N7O2. The molecule has 0 aliphatic carbocycles. The van der Waals surface area contributed by atoms with Gasteiger partial charge in [0, 0.05) is 30.1 Å². The van der Waals surface area contributed by atoms with Crippen LogP contribution in [0.2, 0.25) is 0 Å². The van der Waals surface area contributed by atoms with Crippen molar-refractivity contribution in [2.45, 2.75) is 53.2 Å². The van der Waals surface area contributed by atoms with Gasteiger partial charge in [0.05, 0.1) is 11.3 Å². The van der Waals surface area contributed by atoms with Gasteiger partial charge in [0.25, 0.3) is 0 Å². The number of nitrogens with one attached hydrogen (secondary N) is 1. The number of cyclic esters (lactones) is 1. The number of rotatable bonds is 5. The monoisotopic (exact) mass is 457 g/mol. The third-order valence-corrected chi connectivity index (χ3v) is 6.10. The predicted molar refractivity (Wildman–Crippen MR) is 129 cm³/mol. The molecular weight excluding hydrogens is 430 g/mol. The molecule has 4 aromatic rings. The number of anilines is 1. The zero-order valence-corrected chi connectivity index (χ0v) is 20.0. The normalized spacial score (nSPS) is 17.5. The maximum absolute atomic E-state index is 12.2. The third kappa shape index (κ3) is 3.67. The first kappa shape index (κ1) is 21.9. The van der Waals surface area contributed by atoms with Crippen molar-refractivity contribution in [3.05, 3.63) is 48.3 Å². The van der Waals surface area contributed by atoms with Crippen molar-refractivity contribution in [3.8, 4) is 22.6 Å². The van der Waals surface area contributed by atoms with Crippen LogP contribution in [0.25, 0.3) is 33.8 Å². The molecule has 0 saturated carbocycles. The Morgan fingerprint density at radius 2 is 1.88 bits per heavy atom. The van der Waals surface area contributed by atoms with Crippen molar-refractivity contribution in [3.63, 3.8) is 0 Å². The minimum atomic E-state index is -0.735. The third-order valence-electron chi connectivity index (χ3n) is 6.10. The van der Waals surface area contributed by atoms with Crippen LogP contribution in [0.15, 0.2) is 36.9 Å². The highest BCUT2D eigenvalue weighted by Gasteiger charge is 2.38. The van der Waals surface area contributed by atoms with Gasteiger partial charge in [-0.25, -0.2) is 29.7 Å². The zero-order chi connectivity index (χ0) is 24.0. The van der Waals surface area contributed by atoms with Crippen LogP contribution in [0.5, 0.6) is 0 Å². The molecule has 174 valence electrons. The van der Waals surface area contributed by atoms with Gasteiger partial charge in [0.2, 0.25) is 0 Å². The van der Waals surface area contributed by atoms with E-state index >= 15 is 0 Å². The molecule has 1 N–H and O–H groups in total. The van der Waals surface area contributed by atoms with E-state index < -0.39 is 11.7 Å². The lowest BCUT2D eigenvalue weighted by molar-refractivity contribution is 0.0104. The molecule has 3 aromatic heterocycles. The molecule has 1 aromatic carbocycles. The average Bonchev–Trinajstić information content (AvgIpc) is 3.17. The van der Waals surface area contributed by atoms with E-state index in [9.17, 15) is 4.79 Å². The maximum atomic E-state index is 12.2. The van der Waals surface area contributed by atoms with Crippen LogP contribution in [0, 0.1) is 12.8 Å². The van der Waals surface area contributed by atoms with E-state index in [-0.39, 0.29) is 0 Å². The van der Waals surface area contributed by atoms with Crippen LogP contribution in [-0.2, 0) is 16.9 Å². The Hall–Kier alpha value is -3.88. The summed E-state index contributed by atoms with van der Waals surface area (Å²) in [4.78, 5) is 34.9. The summed E-state index contributed by atoms with van der Waals surface area (Å²) in [6.45, 7) is 10.8. The lowest BCUT2D eigenvalue weighted by Gasteiger charge is -2.37. The summed E-state index contributed by atoms with van der Waals surface area (Å²) in [5, 5.41) is 2.83. The summed E-state index contributed by atoms with van der Waals surface area (Å²) in [6.07, 6.45) is 5.39. The summed E-state index contributed by atoms with van der Waals surface area (Å²) in [5.41, 5.74) is 4.81. The Morgan fingerprint density at radius 1 is 1.12 bits per heavy atom. The first-order valence-electron chi connectivity index (χ1n) is 11.4. The molecule has 34 heavy (non-hydrogen) atoms. The summed E-state index contributed by atoms with van der Waals surface area (Å²) in [5.74, 6) is 1.80. The Morgan fingerprint density at radius 3 is 2.59 bits per heavy atom. The van der Waals surface area contributed by atoms with Gasteiger partial charge in [-0.3, -0.25) is 5.32 Å². The van der Waals surface area contributed by atoms with Gasteiger partial charge in [0.1, 0.15) is 34.8 Å². The fraction of sp³-hybridized carbons (Fsp3) is 0.360. The maximum Gasteiger partial charge on any atom is 0.412 e. The lowest BCUT2D eigenvalue weighted by atomic mass is 9.84. The van der Waals surface area contributed by atoms with E-state index in [4.69, 9.17) is 9.72 Å². The second-order valence-corrected chi connectivity index (χ2v) is 9.20. The van der Waals surface area contributed by atoms with Gasteiger partial charge in [-0.2, -0.15) is 0 Å². The van der Waals surface area contributed by atoms with Crippen molar-refractivity contribution < 1.29 is 9.53 Å². The fourth-order valence-corrected chi connectivity index (χ4v) is 4.74. The minimum Gasteiger partial charge on any atom is -0.438 e. The Balaban J connectivity index is 1.68. The summed E-state index contributed by atoms with van der Waals surface area (Å²) in [6, 6.07) is 5.89. The molecule has 5 rings (SSSR count). The topological polar surface area (TPSA) is 108 Å². The van der Waals surface area contributed by atoms with Crippen molar-refractivity contribution >= 4 is 22.9 Å². The molecule has 0 unspecified atom stereocenters. The largest absolute Gasteiger partial charge is 0.438 e. The number of aromatic nitrogens is 6. The van der Waals surface area contributed by atoms with E-state index in [0.29, 0.717) is 30.2 Å². The van der Waals surface area contributed by atoms with E-state index in [1.165, 1.54) is 0 Å². The minimum absolute atomic E-state index is 0.345. The highest BCUT2D eigenvalue weighted by molar-refractivity contribution is 5.93. The first-order chi connectivity index (χ1) is 16.3. The fourth-order valence-electron chi connectivity index (χ4n) is 4.74. The average molecular weight is 458 g/mol. The highest BCUT2D eigenvalue weighted by Crippen LogP contribution is 2.42. The van der Waals surface area contributed by atoms with Crippen LogP contribution in [0.4, 0.5) is 10.5 Å². The number of benzene rings is 1. The van der Waals surface area contributed by atoms with Crippen molar-refractivity contribution in [2.75, 3.05) is 5.32 Å². The van der Waals surface area contributed by atoms with E-state index in [1.807, 2.05) is 36.6 Å². The molecule has 0 spiro atoms.